The number of hydrogen-bond donors (Lipinski definition) is 1. The zero-order valence-electron chi connectivity index (χ0n) is 10.6. The Morgan fingerprint density at radius 2 is 1.89 bits per heavy atom. The topological polar surface area (TPSA) is 35.2 Å². The minimum atomic E-state index is 0.0172. The van der Waals surface area contributed by atoms with Crippen molar-refractivity contribution in [3.63, 3.8) is 0 Å². The molecule has 2 aromatic rings. The molecular weight excluding hydrogens is 258 g/mol. The maximum absolute atomic E-state index is 6.36. The third-order valence-corrected chi connectivity index (χ3v) is 4.04. The third kappa shape index (κ3) is 2.46. The molecule has 2 atom stereocenters. The van der Waals surface area contributed by atoms with Crippen molar-refractivity contribution in [2.75, 3.05) is 6.61 Å². The van der Waals surface area contributed by atoms with Gasteiger partial charge < -0.3 is 10.5 Å². The molecule has 1 aliphatic rings. The Hall–Kier alpha value is -1.51. The second kappa shape index (κ2) is 5.24. The van der Waals surface area contributed by atoms with Crippen LogP contribution in [0.3, 0.4) is 0 Å². The summed E-state index contributed by atoms with van der Waals surface area (Å²) in [4.78, 5) is 0. The highest BCUT2D eigenvalue weighted by Crippen LogP contribution is 2.36. The van der Waals surface area contributed by atoms with Gasteiger partial charge in [-0.15, -0.1) is 0 Å². The Labute approximate surface area is 118 Å². The number of rotatable bonds is 3. The fourth-order valence-corrected chi connectivity index (χ4v) is 2.81. The van der Waals surface area contributed by atoms with E-state index in [4.69, 9.17) is 22.1 Å². The van der Waals surface area contributed by atoms with Gasteiger partial charge in [0.05, 0.1) is 6.61 Å². The Morgan fingerprint density at radius 1 is 1.16 bits per heavy atom. The van der Waals surface area contributed by atoms with Gasteiger partial charge in [0.2, 0.25) is 0 Å². The predicted molar refractivity (Wildman–Crippen MR) is 77.8 cm³/mol. The van der Waals surface area contributed by atoms with Crippen LogP contribution < -0.4 is 10.5 Å². The summed E-state index contributed by atoms with van der Waals surface area (Å²) in [5.74, 6) is 1.20. The molecule has 0 saturated heterocycles. The summed E-state index contributed by atoms with van der Waals surface area (Å²) >= 11 is 6.19. The van der Waals surface area contributed by atoms with Crippen LogP contribution in [0, 0.1) is 0 Å². The molecule has 1 heterocycles. The van der Waals surface area contributed by atoms with E-state index in [1.807, 2.05) is 42.5 Å². The molecule has 0 aliphatic carbocycles. The zero-order chi connectivity index (χ0) is 13.2. The second-order valence-corrected chi connectivity index (χ2v) is 5.32. The first-order valence-corrected chi connectivity index (χ1v) is 6.84. The van der Waals surface area contributed by atoms with Gasteiger partial charge >= 0.3 is 0 Å². The highest BCUT2D eigenvalue weighted by atomic mass is 35.5. The molecule has 19 heavy (non-hydrogen) atoms. The summed E-state index contributed by atoms with van der Waals surface area (Å²) in [6.45, 7) is 0.658. The molecule has 2 unspecified atom stereocenters. The first kappa shape index (κ1) is 12.5. The number of halogens is 1. The van der Waals surface area contributed by atoms with Crippen molar-refractivity contribution >= 4 is 11.6 Å². The molecular formula is C16H16ClNO. The molecule has 3 rings (SSSR count). The molecule has 0 spiro atoms. The largest absolute Gasteiger partial charge is 0.493 e. The maximum Gasteiger partial charge on any atom is 0.122 e. The van der Waals surface area contributed by atoms with Crippen molar-refractivity contribution < 1.29 is 4.74 Å². The van der Waals surface area contributed by atoms with Crippen LogP contribution in [-0.2, 0) is 6.42 Å². The van der Waals surface area contributed by atoms with Crippen LogP contribution in [-0.4, -0.2) is 12.6 Å². The lowest BCUT2D eigenvalue weighted by molar-refractivity contribution is 0.313. The SMILES string of the molecule is NC(Cc1ccccc1Cl)C1COc2ccccc21. The summed E-state index contributed by atoms with van der Waals surface area (Å²) in [6, 6.07) is 16.0. The molecule has 0 bridgehead atoms. The van der Waals surface area contributed by atoms with E-state index in [0.717, 1.165) is 22.8 Å². The minimum Gasteiger partial charge on any atom is -0.493 e. The molecule has 1 aliphatic heterocycles. The summed E-state index contributed by atoms with van der Waals surface area (Å²) in [6.07, 6.45) is 0.766. The van der Waals surface area contributed by atoms with Crippen LogP contribution in [0.1, 0.15) is 17.0 Å². The van der Waals surface area contributed by atoms with Crippen LogP contribution in [0.2, 0.25) is 5.02 Å². The summed E-state index contributed by atoms with van der Waals surface area (Å²) in [5.41, 5.74) is 8.66. The molecule has 0 amide bonds. The van der Waals surface area contributed by atoms with Crippen LogP contribution in [0.15, 0.2) is 48.5 Å². The van der Waals surface area contributed by atoms with E-state index in [-0.39, 0.29) is 12.0 Å². The third-order valence-electron chi connectivity index (χ3n) is 3.67. The van der Waals surface area contributed by atoms with E-state index in [9.17, 15) is 0 Å². The van der Waals surface area contributed by atoms with Gasteiger partial charge in [-0.25, -0.2) is 0 Å². The Morgan fingerprint density at radius 3 is 2.74 bits per heavy atom. The van der Waals surface area contributed by atoms with Gasteiger partial charge in [-0.2, -0.15) is 0 Å². The van der Waals surface area contributed by atoms with Crippen molar-refractivity contribution in [2.24, 2.45) is 5.73 Å². The monoisotopic (exact) mass is 273 g/mol. The fraction of sp³-hybridized carbons (Fsp3) is 0.250. The first-order chi connectivity index (χ1) is 9.25. The van der Waals surface area contributed by atoms with Crippen molar-refractivity contribution in [3.05, 3.63) is 64.7 Å². The highest BCUT2D eigenvalue weighted by Gasteiger charge is 2.29. The van der Waals surface area contributed by atoms with E-state index < -0.39 is 0 Å². The highest BCUT2D eigenvalue weighted by molar-refractivity contribution is 6.31. The summed E-state index contributed by atoms with van der Waals surface area (Å²) in [5, 5.41) is 0.783. The number of ether oxygens (including phenoxy) is 1. The standard InChI is InChI=1S/C16H16ClNO/c17-14-7-3-1-5-11(14)9-15(18)13-10-19-16-8-4-2-6-12(13)16/h1-8,13,15H,9-10,18H2. The van der Waals surface area contributed by atoms with Crippen molar-refractivity contribution in [1.82, 2.24) is 0 Å². The average Bonchev–Trinajstić information content (AvgIpc) is 2.85. The van der Waals surface area contributed by atoms with Crippen molar-refractivity contribution in [2.45, 2.75) is 18.4 Å². The van der Waals surface area contributed by atoms with E-state index >= 15 is 0 Å². The van der Waals surface area contributed by atoms with Crippen LogP contribution in [0.5, 0.6) is 5.75 Å². The number of hydrogen-bond acceptors (Lipinski definition) is 2. The van der Waals surface area contributed by atoms with Gasteiger partial charge in [0.25, 0.3) is 0 Å². The smallest absolute Gasteiger partial charge is 0.122 e. The van der Waals surface area contributed by atoms with E-state index in [0.29, 0.717) is 6.61 Å². The number of benzene rings is 2. The van der Waals surface area contributed by atoms with E-state index in [1.54, 1.807) is 0 Å². The lowest BCUT2D eigenvalue weighted by atomic mass is 9.90. The fourth-order valence-electron chi connectivity index (χ4n) is 2.60. The molecule has 3 heteroatoms. The van der Waals surface area contributed by atoms with Gasteiger partial charge in [-0.1, -0.05) is 48.0 Å². The van der Waals surface area contributed by atoms with Gasteiger partial charge in [0.15, 0.2) is 0 Å². The molecule has 2 nitrogen and oxygen atoms in total. The lowest BCUT2D eigenvalue weighted by Crippen LogP contribution is -2.31. The van der Waals surface area contributed by atoms with Gasteiger partial charge in [0.1, 0.15) is 5.75 Å². The van der Waals surface area contributed by atoms with Gasteiger partial charge in [0, 0.05) is 22.5 Å². The number of fused-ring (bicyclic) bond motifs is 1. The number of para-hydroxylation sites is 1. The molecule has 0 fully saturated rings. The van der Waals surface area contributed by atoms with Crippen LogP contribution in [0.25, 0.3) is 0 Å². The maximum atomic E-state index is 6.36. The molecule has 0 aromatic heterocycles. The quantitative estimate of drug-likeness (QED) is 0.930. The Balaban J connectivity index is 1.79. The van der Waals surface area contributed by atoms with Gasteiger partial charge in [-0.05, 0) is 24.1 Å². The van der Waals surface area contributed by atoms with Crippen molar-refractivity contribution in [3.8, 4) is 5.75 Å². The molecule has 0 radical (unpaired) electrons. The molecule has 0 saturated carbocycles. The average molecular weight is 274 g/mol. The van der Waals surface area contributed by atoms with E-state index in [2.05, 4.69) is 6.07 Å². The normalized spacial score (nSPS) is 18.7. The Kier molecular flexibility index (Phi) is 3.45. The zero-order valence-corrected chi connectivity index (χ0v) is 11.3. The van der Waals surface area contributed by atoms with Crippen LogP contribution >= 0.6 is 11.6 Å². The Bertz CT molecular complexity index is 584. The lowest BCUT2D eigenvalue weighted by Gasteiger charge is -2.19. The molecule has 2 N–H and O–H groups in total. The summed E-state index contributed by atoms with van der Waals surface area (Å²) < 4.78 is 5.69. The second-order valence-electron chi connectivity index (χ2n) is 4.91. The first-order valence-electron chi connectivity index (χ1n) is 6.46. The minimum absolute atomic E-state index is 0.0172. The van der Waals surface area contributed by atoms with Gasteiger partial charge in [-0.3, -0.25) is 0 Å². The predicted octanol–water partition coefficient (Wildman–Crippen LogP) is 3.39. The van der Waals surface area contributed by atoms with E-state index in [1.165, 1.54) is 5.56 Å². The summed E-state index contributed by atoms with van der Waals surface area (Å²) in [7, 11) is 0. The molecule has 2 aromatic carbocycles. The molecule has 98 valence electrons. The number of nitrogens with two attached hydrogens (primary N) is 1. The van der Waals surface area contributed by atoms with Crippen molar-refractivity contribution in [1.29, 1.82) is 0 Å². The van der Waals surface area contributed by atoms with Crippen LogP contribution in [0.4, 0.5) is 0 Å².